The van der Waals surface area contributed by atoms with Gasteiger partial charge < -0.3 is 10.6 Å². The second kappa shape index (κ2) is 6.75. The summed E-state index contributed by atoms with van der Waals surface area (Å²) < 4.78 is 1.48. The van der Waals surface area contributed by atoms with E-state index in [9.17, 15) is 9.59 Å². The zero-order chi connectivity index (χ0) is 17.9. The Balaban J connectivity index is 1.52. The molecule has 2 amide bonds. The number of nitrogens with zero attached hydrogens (tertiary/aromatic N) is 4. The monoisotopic (exact) mass is 348 g/mol. The molecule has 1 aliphatic rings. The molecule has 26 heavy (non-hydrogen) atoms. The molecule has 8 heteroatoms. The SMILES string of the molecule is O=C(NCc1ccncc1)c1nnn2c1C(=O)N[C@@H](c1ccccc1)C2. The summed E-state index contributed by atoms with van der Waals surface area (Å²) in [5.74, 6) is -0.791. The van der Waals surface area contributed by atoms with Crippen molar-refractivity contribution in [2.45, 2.75) is 19.1 Å². The zero-order valence-corrected chi connectivity index (χ0v) is 13.8. The van der Waals surface area contributed by atoms with Crippen molar-refractivity contribution >= 4 is 11.8 Å². The predicted octanol–water partition coefficient (Wildman–Crippen LogP) is 1.09. The normalized spacial score (nSPS) is 15.8. The lowest BCUT2D eigenvalue weighted by molar-refractivity contribution is 0.0876. The highest BCUT2D eigenvalue weighted by molar-refractivity contribution is 6.05. The molecular formula is C18H16N6O2. The second-order valence-corrected chi connectivity index (χ2v) is 5.94. The summed E-state index contributed by atoms with van der Waals surface area (Å²) in [6, 6.07) is 13.0. The van der Waals surface area contributed by atoms with Gasteiger partial charge in [-0.05, 0) is 23.3 Å². The van der Waals surface area contributed by atoms with E-state index in [-0.39, 0.29) is 23.3 Å². The molecule has 0 aliphatic carbocycles. The summed E-state index contributed by atoms with van der Waals surface area (Å²) in [6.07, 6.45) is 3.30. The van der Waals surface area contributed by atoms with Gasteiger partial charge in [-0.3, -0.25) is 14.6 Å². The van der Waals surface area contributed by atoms with E-state index in [1.54, 1.807) is 24.5 Å². The minimum Gasteiger partial charge on any atom is -0.346 e. The lowest BCUT2D eigenvalue weighted by atomic mass is 10.0. The van der Waals surface area contributed by atoms with Crippen LogP contribution in [-0.4, -0.2) is 31.8 Å². The number of hydrogen-bond donors (Lipinski definition) is 2. The molecule has 3 aromatic rings. The third-order valence-electron chi connectivity index (χ3n) is 4.23. The molecule has 130 valence electrons. The fraction of sp³-hybridized carbons (Fsp3) is 0.167. The molecule has 0 spiro atoms. The van der Waals surface area contributed by atoms with Gasteiger partial charge in [0, 0.05) is 18.9 Å². The van der Waals surface area contributed by atoms with Crippen molar-refractivity contribution in [2.24, 2.45) is 0 Å². The van der Waals surface area contributed by atoms with Gasteiger partial charge in [-0.2, -0.15) is 0 Å². The Bertz CT molecular complexity index is 939. The molecule has 4 rings (SSSR count). The zero-order valence-electron chi connectivity index (χ0n) is 13.8. The van der Waals surface area contributed by atoms with Crippen LogP contribution < -0.4 is 10.6 Å². The van der Waals surface area contributed by atoms with E-state index in [2.05, 4.69) is 25.9 Å². The average Bonchev–Trinajstić information content (AvgIpc) is 3.12. The lowest BCUT2D eigenvalue weighted by Gasteiger charge is -2.24. The fourth-order valence-corrected chi connectivity index (χ4v) is 2.90. The molecule has 2 aromatic heterocycles. The molecule has 0 radical (unpaired) electrons. The topological polar surface area (TPSA) is 102 Å². The Labute approximate surface area is 149 Å². The quantitative estimate of drug-likeness (QED) is 0.735. The summed E-state index contributed by atoms with van der Waals surface area (Å²) >= 11 is 0. The van der Waals surface area contributed by atoms with Crippen LogP contribution in [0.1, 0.15) is 38.1 Å². The Hall–Kier alpha value is -3.55. The molecule has 1 atom stereocenters. The molecule has 2 N–H and O–H groups in total. The number of benzene rings is 1. The molecule has 0 saturated heterocycles. The Morgan fingerprint density at radius 1 is 1.19 bits per heavy atom. The third kappa shape index (κ3) is 3.04. The first-order chi connectivity index (χ1) is 12.7. The lowest BCUT2D eigenvalue weighted by Crippen LogP contribution is -2.40. The van der Waals surface area contributed by atoms with Crippen LogP contribution in [0.15, 0.2) is 54.9 Å². The smallest absolute Gasteiger partial charge is 0.274 e. The third-order valence-corrected chi connectivity index (χ3v) is 4.23. The van der Waals surface area contributed by atoms with Crippen molar-refractivity contribution in [1.82, 2.24) is 30.6 Å². The van der Waals surface area contributed by atoms with Crippen molar-refractivity contribution in [1.29, 1.82) is 0 Å². The van der Waals surface area contributed by atoms with E-state index < -0.39 is 5.91 Å². The van der Waals surface area contributed by atoms with Gasteiger partial charge in [0.1, 0.15) is 0 Å². The van der Waals surface area contributed by atoms with Crippen LogP contribution in [0.3, 0.4) is 0 Å². The van der Waals surface area contributed by atoms with E-state index in [0.29, 0.717) is 13.1 Å². The van der Waals surface area contributed by atoms with Gasteiger partial charge in [-0.25, -0.2) is 4.68 Å². The highest BCUT2D eigenvalue weighted by Gasteiger charge is 2.32. The molecule has 1 aliphatic heterocycles. The molecule has 0 fully saturated rings. The largest absolute Gasteiger partial charge is 0.346 e. The Kier molecular flexibility index (Phi) is 4.14. The fourth-order valence-electron chi connectivity index (χ4n) is 2.90. The standard InChI is InChI=1S/C18H16N6O2/c25-17(20-10-12-6-8-19-9-7-12)15-16-18(26)21-14(11-24(16)23-22-15)13-4-2-1-3-5-13/h1-9,14H,10-11H2,(H,20,25)(H,21,26)/t14-/m1/s1. The number of carbonyl (C=O) groups is 2. The summed E-state index contributed by atoms with van der Waals surface area (Å²) in [5, 5.41) is 13.6. The minimum absolute atomic E-state index is 0.0306. The van der Waals surface area contributed by atoms with Crippen LogP contribution in [0.5, 0.6) is 0 Å². The molecule has 8 nitrogen and oxygen atoms in total. The summed E-state index contributed by atoms with van der Waals surface area (Å²) in [7, 11) is 0. The average molecular weight is 348 g/mol. The maximum absolute atomic E-state index is 12.5. The van der Waals surface area contributed by atoms with Crippen molar-refractivity contribution in [3.63, 3.8) is 0 Å². The number of fused-ring (bicyclic) bond motifs is 1. The molecule has 0 unspecified atom stereocenters. The van der Waals surface area contributed by atoms with E-state index >= 15 is 0 Å². The van der Waals surface area contributed by atoms with Gasteiger partial charge in [0.2, 0.25) is 0 Å². The number of aromatic nitrogens is 4. The molecule has 1 aromatic carbocycles. The van der Waals surface area contributed by atoms with Crippen LogP contribution in [0.4, 0.5) is 0 Å². The minimum atomic E-state index is -0.434. The predicted molar refractivity (Wildman–Crippen MR) is 92.1 cm³/mol. The van der Waals surface area contributed by atoms with Crippen LogP contribution in [0, 0.1) is 0 Å². The van der Waals surface area contributed by atoms with Gasteiger partial charge in [0.15, 0.2) is 11.4 Å². The van der Waals surface area contributed by atoms with Gasteiger partial charge >= 0.3 is 0 Å². The Morgan fingerprint density at radius 2 is 1.96 bits per heavy atom. The van der Waals surface area contributed by atoms with Crippen molar-refractivity contribution in [3.8, 4) is 0 Å². The summed E-state index contributed by atoms with van der Waals surface area (Å²) in [5.41, 5.74) is 2.10. The summed E-state index contributed by atoms with van der Waals surface area (Å²) in [4.78, 5) is 28.9. The number of rotatable bonds is 4. The van der Waals surface area contributed by atoms with E-state index in [4.69, 9.17) is 0 Å². The summed E-state index contributed by atoms with van der Waals surface area (Å²) in [6.45, 7) is 0.748. The number of pyridine rings is 1. The number of amides is 2. The van der Waals surface area contributed by atoms with Crippen LogP contribution in [0.2, 0.25) is 0 Å². The van der Waals surface area contributed by atoms with Crippen LogP contribution in [-0.2, 0) is 13.1 Å². The Morgan fingerprint density at radius 3 is 2.73 bits per heavy atom. The first-order valence-corrected chi connectivity index (χ1v) is 8.19. The number of hydrogen-bond acceptors (Lipinski definition) is 5. The molecule has 0 saturated carbocycles. The van der Waals surface area contributed by atoms with Crippen molar-refractivity contribution in [2.75, 3.05) is 0 Å². The van der Waals surface area contributed by atoms with Crippen molar-refractivity contribution < 1.29 is 9.59 Å². The molecule has 0 bridgehead atoms. The van der Waals surface area contributed by atoms with E-state index in [1.807, 2.05) is 30.3 Å². The number of nitrogens with one attached hydrogen (secondary N) is 2. The number of carbonyl (C=O) groups excluding carboxylic acids is 2. The van der Waals surface area contributed by atoms with Gasteiger partial charge in [0.25, 0.3) is 11.8 Å². The van der Waals surface area contributed by atoms with E-state index in [1.165, 1.54) is 4.68 Å². The first-order valence-electron chi connectivity index (χ1n) is 8.19. The maximum Gasteiger partial charge on any atom is 0.274 e. The van der Waals surface area contributed by atoms with Crippen LogP contribution >= 0.6 is 0 Å². The van der Waals surface area contributed by atoms with Gasteiger partial charge in [-0.15, -0.1) is 5.10 Å². The first kappa shape index (κ1) is 15.9. The highest BCUT2D eigenvalue weighted by atomic mass is 16.2. The molecular weight excluding hydrogens is 332 g/mol. The molecule has 3 heterocycles. The van der Waals surface area contributed by atoms with E-state index in [0.717, 1.165) is 11.1 Å². The van der Waals surface area contributed by atoms with Gasteiger partial charge in [0.05, 0.1) is 12.6 Å². The maximum atomic E-state index is 12.5. The van der Waals surface area contributed by atoms with Crippen molar-refractivity contribution in [3.05, 3.63) is 77.4 Å². The van der Waals surface area contributed by atoms with Crippen LogP contribution in [0.25, 0.3) is 0 Å². The second-order valence-electron chi connectivity index (χ2n) is 5.94. The highest BCUT2D eigenvalue weighted by Crippen LogP contribution is 2.21. The van der Waals surface area contributed by atoms with Gasteiger partial charge in [-0.1, -0.05) is 35.5 Å².